The van der Waals surface area contributed by atoms with Crippen molar-refractivity contribution in [3.05, 3.63) is 58.7 Å². The van der Waals surface area contributed by atoms with Crippen LogP contribution in [-0.4, -0.2) is 53.0 Å². The lowest BCUT2D eigenvalue weighted by molar-refractivity contribution is -0.132. The van der Waals surface area contributed by atoms with E-state index in [1.165, 1.54) is 0 Å². The van der Waals surface area contributed by atoms with Gasteiger partial charge in [-0.15, -0.1) is 0 Å². The highest BCUT2D eigenvalue weighted by atomic mass is 35.5. The number of piperidine rings is 1. The predicted molar refractivity (Wildman–Crippen MR) is 123 cm³/mol. The Morgan fingerprint density at radius 2 is 2.03 bits per heavy atom. The zero-order valence-corrected chi connectivity index (χ0v) is 18.5. The summed E-state index contributed by atoms with van der Waals surface area (Å²) in [5.74, 6) is 0.195. The van der Waals surface area contributed by atoms with Gasteiger partial charge in [-0.3, -0.25) is 14.7 Å². The van der Waals surface area contributed by atoms with Gasteiger partial charge in [-0.25, -0.2) is 0 Å². The van der Waals surface area contributed by atoms with Gasteiger partial charge in [0.25, 0.3) is 0 Å². The number of fused-ring (bicyclic) bond motifs is 2. The van der Waals surface area contributed by atoms with Crippen LogP contribution < -0.4 is 4.90 Å². The van der Waals surface area contributed by atoms with Crippen LogP contribution in [0.4, 0.5) is 5.69 Å². The molecule has 5 rings (SSSR count). The average molecular weight is 437 g/mol. The maximum absolute atomic E-state index is 13.6. The normalized spacial score (nSPS) is 23.5. The molecule has 8 heteroatoms. The smallest absolute Gasteiger partial charge is 0.234 e. The minimum absolute atomic E-state index is 0.0224. The van der Waals surface area contributed by atoms with Gasteiger partial charge in [0.05, 0.1) is 17.6 Å². The van der Waals surface area contributed by atoms with E-state index in [1.54, 1.807) is 18.2 Å². The molecule has 1 aromatic heterocycles. The molecule has 1 aliphatic carbocycles. The van der Waals surface area contributed by atoms with Crippen LogP contribution in [0.15, 0.2) is 63.2 Å². The van der Waals surface area contributed by atoms with E-state index in [2.05, 4.69) is 26.2 Å². The lowest BCUT2D eigenvalue weighted by Crippen LogP contribution is -2.40. The Balaban J connectivity index is 1.35. The molecule has 1 atom stereocenters. The van der Waals surface area contributed by atoms with E-state index < -0.39 is 0 Å². The molecular weight excluding hydrogens is 412 g/mol. The first-order valence-corrected chi connectivity index (χ1v) is 11.0. The van der Waals surface area contributed by atoms with E-state index in [0.717, 1.165) is 54.3 Å². The summed E-state index contributed by atoms with van der Waals surface area (Å²) in [4.78, 5) is 22.1. The maximum atomic E-state index is 13.6. The fraction of sp³-hybridized carbons (Fsp3) is 0.391. The van der Waals surface area contributed by atoms with Gasteiger partial charge in [-0.1, -0.05) is 11.6 Å². The second-order valence-corrected chi connectivity index (χ2v) is 8.82. The molecule has 3 aliphatic heterocycles. The van der Waals surface area contributed by atoms with Gasteiger partial charge in [-0.2, -0.15) is 15.3 Å². The number of pyridine rings is 1. The number of hydrogen-bond acceptors (Lipinski definition) is 6. The summed E-state index contributed by atoms with van der Waals surface area (Å²) in [6.07, 6.45) is 11.7. The zero-order chi connectivity index (χ0) is 21.5. The summed E-state index contributed by atoms with van der Waals surface area (Å²) in [5.41, 5.74) is 4.96. The van der Waals surface area contributed by atoms with E-state index in [0.29, 0.717) is 11.5 Å². The molecule has 0 spiro atoms. The van der Waals surface area contributed by atoms with Crippen molar-refractivity contribution in [2.45, 2.75) is 26.2 Å². The highest BCUT2D eigenvalue weighted by Gasteiger charge is 2.38. The number of aryl methyl sites for hydroxylation is 1. The molecule has 0 bridgehead atoms. The van der Waals surface area contributed by atoms with E-state index >= 15 is 0 Å². The third-order valence-electron chi connectivity index (χ3n) is 6.32. The minimum atomic E-state index is -0.0224. The Kier molecular flexibility index (Phi) is 5.14. The van der Waals surface area contributed by atoms with Crippen molar-refractivity contribution in [2.24, 2.45) is 22.0 Å². The van der Waals surface area contributed by atoms with Crippen molar-refractivity contribution in [3.8, 4) is 0 Å². The lowest BCUT2D eigenvalue weighted by atomic mass is 9.94. The van der Waals surface area contributed by atoms with E-state index in [1.807, 2.05) is 42.6 Å². The van der Waals surface area contributed by atoms with Crippen LogP contribution in [-0.2, 0) is 4.79 Å². The number of carbonyl (C=O) groups excluding carboxylic acids is 1. The highest BCUT2D eigenvalue weighted by molar-refractivity contribution is 6.32. The second kappa shape index (κ2) is 7.96. The molecule has 7 nitrogen and oxygen atoms in total. The van der Waals surface area contributed by atoms with Gasteiger partial charge in [0.15, 0.2) is 0 Å². The molecule has 0 radical (unpaired) electrons. The Morgan fingerprint density at radius 1 is 1.23 bits per heavy atom. The largest absolute Gasteiger partial charge is 0.370 e. The number of anilines is 1. The van der Waals surface area contributed by atoms with Gasteiger partial charge < -0.3 is 4.90 Å². The molecule has 1 fully saturated rings. The summed E-state index contributed by atoms with van der Waals surface area (Å²) in [6.45, 7) is 3.68. The number of rotatable bonds is 2. The molecule has 1 saturated heterocycles. The number of halogens is 1. The predicted octanol–water partition coefficient (Wildman–Crippen LogP) is 3.65. The van der Waals surface area contributed by atoms with Gasteiger partial charge in [0.2, 0.25) is 5.91 Å². The van der Waals surface area contributed by atoms with Gasteiger partial charge in [0.1, 0.15) is 0 Å². The third kappa shape index (κ3) is 3.78. The van der Waals surface area contributed by atoms with E-state index in [9.17, 15) is 4.79 Å². The Morgan fingerprint density at radius 3 is 2.77 bits per heavy atom. The number of amides is 1. The molecule has 4 heterocycles. The molecular formula is C23H25ClN6O. The summed E-state index contributed by atoms with van der Waals surface area (Å²) in [7, 11) is 1.80. The topological polar surface area (TPSA) is 64.4 Å². The molecule has 0 N–H and O–H groups in total. The number of nitrogens with zero attached hydrogens (tertiary/aromatic N) is 6. The first-order valence-electron chi connectivity index (χ1n) is 10.7. The van der Waals surface area contributed by atoms with Crippen LogP contribution in [0.5, 0.6) is 0 Å². The maximum Gasteiger partial charge on any atom is 0.234 e. The van der Waals surface area contributed by atoms with Crippen molar-refractivity contribution in [1.82, 2.24) is 15.0 Å². The molecule has 160 valence electrons. The van der Waals surface area contributed by atoms with Crippen LogP contribution in [0, 0.1) is 18.8 Å². The molecule has 1 amide bonds. The van der Waals surface area contributed by atoms with Crippen LogP contribution >= 0.6 is 11.6 Å². The number of hydrazone groups is 2. The number of aromatic nitrogens is 1. The molecule has 31 heavy (non-hydrogen) atoms. The van der Waals surface area contributed by atoms with Gasteiger partial charge in [-0.05, 0) is 44.1 Å². The highest BCUT2D eigenvalue weighted by Crippen LogP contribution is 2.38. The molecule has 0 saturated carbocycles. The van der Waals surface area contributed by atoms with Crippen LogP contribution in [0.3, 0.4) is 0 Å². The molecule has 1 aromatic rings. The lowest BCUT2D eigenvalue weighted by Gasteiger charge is -2.35. The molecule has 0 aromatic carbocycles. The Hall–Kier alpha value is -2.93. The van der Waals surface area contributed by atoms with E-state index in [4.69, 9.17) is 11.6 Å². The summed E-state index contributed by atoms with van der Waals surface area (Å²) in [6, 6.07) is 4.13. The Bertz CT molecular complexity index is 1050. The quantitative estimate of drug-likeness (QED) is 0.709. The first-order chi connectivity index (χ1) is 15.0. The summed E-state index contributed by atoms with van der Waals surface area (Å²) >= 11 is 6.40. The van der Waals surface area contributed by atoms with Gasteiger partial charge >= 0.3 is 0 Å². The monoisotopic (exact) mass is 436 g/mol. The fourth-order valence-corrected chi connectivity index (χ4v) is 4.78. The van der Waals surface area contributed by atoms with Crippen molar-refractivity contribution in [1.29, 1.82) is 0 Å². The van der Waals surface area contributed by atoms with Crippen molar-refractivity contribution in [2.75, 3.05) is 25.0 Å². The van der Waals surface area contributed by atoms with Crippen molar-refractivity contribution >= 4 is 35.1 Å². The average Bonchev–Trinajstić information content (AvgIpc) is 3.02. The summed E-state index contributed by atoms with van der Waals surface area (Å²) < 4.78 is 0. The third-order valence-corrected chi connectivity index (χ3v) is 6.55. The number of carbonyl (C=O) groups is 1. The second-order valence-electron chi connectivity index (χ2n) is 8.38. The fourth-order valence-electron chi connectivity index (χ4n) is 4.61. The van der Waals surface area contributed by atoms with Crippen LogP contribution in [0.2, 0.25) is 0 Å². The van der Waals surface area contributed by atoms with Gasteiger partial charge in [0, 0.05) is 72.8 Å². The first kappa shape index (κ1) is 20.0. The molecule has 1 unspecified atom stereocenters. The minimum Gasteiger partial charge on any atom is -0.370 e. The molecule has 4 aliphatic rings. The van der Waals surface area contributed by atoms with Crippen molar-refractivity contribution < 1.29 is 4.79 Å². The van der Waals surface area contributed by atoms with E-state index in [-0.39, 0.29) is 17.7 Å². The number of allylic oxidation sites excluding steroid dienone is 5. The zero-order valence-electron chi connectivity index (χ0n) is 17.7. The van der Waals surface area contributed by atoms with Crippen LogP contribution in [0.1, 0.15) is 25.0 Å². The standard InChI is InChI=1S/C23H25ClN6O/c1-15-3-4-19(14-25-15)29-8-5-16(6-9-29)23(31)30-10-7-18(24)12-20-21(30)11-17-13-26-28(2)27-22(17)20/h3-4,7,10,12-14,16-17H,5-6,8-9,11H2,1-2H3. The van der Waals surface area contributed by atoms with Crippen molar-refractivity contribution in [3.63, 3.8) is 0 Å². The Labute approximate surface area is 187 Å². The van der Waals surface area contributed by atoms with Crippen LogP contribution in [0.25, 0.3) is 0 Å². The number of hydrogen-bond donors (Lipinski definition) is 0. The SMILES string of the molecule is Cc1ccc(N2CCC(C(=O)N3C=CC(Cl)=CC4=C3CC3C=NN(C)N=C43)CC2)cn1. The summed E-state index contributed by atoms with van der Waals surface area (Å²) in [5, 5.41) is 11.0.